The maximum absolute atomic E-state index is 6.65. The molecule has 0 spiro atoms. The van der Waals surface area contributed by atoms with Crippen LogP contribution in [-0.2, 0) is 0 Å². The van der Waals surface area contributed by atoms with Gasteiger partial charge in [0.05, 0.1) is 5.56 Å². The van der Waals surface area contributed by atoms with Crippen molar-refractivity contribution in [1.29, 1.82) is 0 Å². The molecule has 1 aliphatic carbocycles. The van der Waals surface area contributed by atoms with Gasteiger partial charge in [-0.3, -0.25) is 0 Å². The van der Waals surface area contributed by atoms with E-state index in [2.05, 4.69) is 103 Å². The predicted molar refractivity (Wildman–Crippen MR) is 202 cm³/mol. The first-order chi connectivity index (χ1) is 24.8. The summed E-state index contributed by atoms with van der Waals surface area (Å²) in [7, 11) is 0. The van der Waals surface area contributed by atoms with Gasteiger partial charge in [0, 0.05) is 27.8 Å². The van der Waals surface area contributed by atoms with Crippen LogP contribution < -0.4 is 0 Å². The molecule has 1 aliphatic rings. The van der Waals surface area contributed by atoms with E-state index < -0.39 is 0 Å². The van der Waals surface area contributed by atoms with Gasteiger partial charge in [-0.2, -0.15) is 0 Å². The van der Waals surface area contributed by atoms with Crippen LogP contribution in [0.15, 0.2) is 174 Å². The smallest absolute Gasteiger partial charge is 0.167 e. The maximum Gasteiger partial charge on any atom is 0.167 e. The lowest BCUT2D eigenvalue weighted by molar-refractivity contribution is 0.669. The molecule has 50 heavy (non-hydrogen) atoms. The second-order valence-corrected chi connectivity index (χ2v) is 12.8. The Bertz CT molecular complexity index is 2640. The molecular weight excluding hydrogens is 611 g/mol. The average Bonchev–Trinajstić information content (AvgIpc) is 3.74. The zero-order valence-corrected chi connectivity index (χ0v) is 27.0. The predicted octanol–water partition coefficient (Wildman–Crippen LogP) is 11.6. The summed E-state index contributed by atoms with van der Waals surface area (Å²) in [6.07, 6.45) is 0. The molecule has 234 valence electrons. The number of fused-ring (bicyclic) bond motifs is 6. The maximum atomic E-state index is 6.65. The second kappa shape index (κ2) is 11.5. The molecule has 2 aromatic heterocycles. The second-order valence-electron chi connectivity index (χ2n) is 12.8. The van der Waals surface area contributed by atoms with Crippen LogP contribution in [0.3, 0.4) is 0 Å². The largest absolute Gasteiger partial charge is 0.455 e. The van der Waals surface area contributed by atoms with Gasteiger partial charge in [0.25, 0.3) is 0 Å². The molecule has 0 bridgehead atoms. The van der Waals surface area contributed by atoms with Crippen molar-refractivity contribution in [3.8, 4) is 56.4 Å². The molecule has 1 unspecified atom stereocenters. The van der Waals surface area contributed by atoms with Gasteiger partial charge in [0.1, 0.15) is 11.2 Å². The molecule has 0 amide bonds. The van der Waals surface area contributed by atoms with Crippen LogP contribution in [0.1, 0.15) is 22.6 Å². The normalized spacial score (nSPS) is 13.4. The Hall–Kier alpha value is -6.65. The molecule has 0 N–H and O–H groups in total. The fourth-order valence-corrected chi connectivity index (χ4v) is 7.47. The van der Waals surface area contributed by atoms with E-state index in [0.29, 0.717) is 17.5 Å². The first-order valence-corrected chi connectivity index (χ1v) is 16.9. The van der Waals surface area contributed by atoms with Crippen LogP contribution in [0.25, 0.3) is 78.4 Å². The minimum absolute atomic E-state index is 0.119. The van der Waals surface area contributed by atoms with Gasteiger partial charge in [-0.1, -0.05) is 146 Å². The number of furan rings is 1. The Balaban J connectivity index is 1.12. The zero-order valence-electron chi connectivity index (χ0n) is 27.0. The van der Waals surface area contributed by atoms with Crippen molar-refractivity contribution >= 4 is 21.9 Å². The average molecular weight is 640 g/mol. The van der Waals surface area contributed by atoms with Gasteiger partial charge in [0.15, 0.2) is 17.5 Å². The highest BCUT2D eigenvalue weighted by Crippen LogP contribution is 2.50. The molecule has 4 heteroatoms. The van der Waals surface area contributed by atoms with Crippen molar-refractivity contribution in [3.05, 3.63) is 187 Å². The van der Waals surface area contributed by atoms with E-state index in [-0.39, 0.29) is 5.92 Å². The van der Waals surface area contributed by atoms with E-state index in [0.717, 1.165) is 38.6 Å². The fourth-order valence-electron chi connectivity index (χ4n) is 7.47. The van der Waals surface area contributed by atoms with E-state index in [4.69, 9.17) is 19.4 Å². The first kappa shape index (κ1) is 28.4. The van der Waals surface area contributed by atoms with E-state index >= 15 is 0 Å². The minimum Gasteiger partial charge on any atom is -0.455 e. The third kappa shape index (κ3) is 4.65. The monoisotopic (exact) mass is 639 g/mol. The van der Waals surface area contributed by atoms with Gasteiger partial charge in [-0.15, -0.1) is 0 Å². The molecule has 4 nitrogen and oxygen atoms in total. The fraction of sp³-hybridized carbons (Fsp3) is 0.0217. The summed E-state index contributed by atoms with van der Waals surface area (Å²) >= 11 is 0. The van der Waals surface area contributed by atoms with Crippen LogP contribution >= 0.6 is 0 Å². The van der Waals surface area contributed by atoms with Gasteiger partial charge in [-0.25, -0.2) is 15.0 Å². The van der Waals surface area contributed by atoms with E-state index in [9.17, 15) is 0 Å². The standard InChI is InChI=1S/C46H29N3O/c1-4-13-29(14-5-1)32-23-25-36-39(27-32)34-19-10-11-20-35(34)42(36)33-24-26-41-40(28-33)37-21-12-22-38(43(37)50-41)46-48-44(30-15-6-2-7-16-30)47-45(49-46)31-17-8-3-9-18-31/h1-28,42H. The van der Waals surface area contributed by atoms with Gasteiger partial charge in [-0.05, 0) is 63.2 Å². The molecule has 0 aliphatic heterocycles. The molecule has 0 saturated heterocycles. The van der Waals surface area contributed by atoms with E-state index in [1.54, 1.807) is 0 Å². The SMILES string of the molecule is c1ccc(-c2ccc3c(c2)-c2ccccc2C3c2ccc3oc4c(-c5nc(-c6ccccc6)nc(-c6ccccc6)n5)cccc4c3c2)cc1. The van der Waals surface area contributed by atoms with Gasteiger partial charge < -0.3 is 4.42 Å². The molecule has 2 heterocycles. The highest BCUT2D eigenvalue weighted by molar-refractivity contribution is 6.09. The lowest BCUT2D eigenvalue weighted by atomic mass is 9.88. The van der Waals surface area contributed by atoms with Crippen molar-refractivity contribution < 1.29 is 4.42 Å². The van der Waals surface area contributed by atoms with Crippen LogP contribution in [-0.4, -0.2) is 15.0 Å². The lowest BCUT2D eigenvalue weighted by Gasteiger charge is -2.15. The summed E-state index contributed by atoms with van der Waals surface area (Å²) in [5.74, 6) is 1.95. The van der Waals surface area contributed by atoms with Gasteiger partial charge in [0.2, 0.25) is 0 Å². The number of hydrogen-bond acceptors (Lipinski definition) is 4. The summed E-state index contributed by atoms with van der Waals surface area (Å²) in [6, 6.07) is 59.3. The summed E-state index contributed by atoms with van der Waals surface area (Å²) in [6.45, 7) is 0. The molecule has 0 fully saturated rings. The number of benzene rings is 7. The summed E-state index contributed by atoms with van der Waals surface area (Å²) in [5.41, 5.74) is 13.2. The molecule has 10 rings (SSSR count). The Morgan fingerprint density at radius 2 is 0.980 bits per heavy atom. The van der Waals surface area contributed by atoms with Crippen molar-refractivity contribution in [2.24, 2.45) is 0 Å². The Kier molecular flexibility index (Phi) is 6.53. The first-order valence-electron chi connectivity index (χ1n) is 16.9. The highest BCUT2D eigenvalue weighted by Gasteiger charge is 2.30. The number of aromatic nitrogens is 3. The Morgan fingerprint density at radius 3 is 1.70 bits per heavy atom. The molecular formula is C46H29N3O. The van der Waals surface area contributed by atoms with Crippen molar-refractivity contribution in [2.75, 3.05) is 0 Å². The number of rotatable bonds is 5. The van der Waals surface area contributed by atoms with Crippen LogP contribution in [0.4, 0.5) is 0 Å². The summed E-state index contributed by atoms with van der Waals surface area (Å²) in [4.78, 5) is 14.9. The Morgan fingerprint density at radius 1 is 0.380 bits per heavy atom. The van der Waals surface area contributed by atoms with Crippen molar-refractivity contribution in [3.63, 3.8) is 0 Å². The number of para-hydroxylation sites is 1. The molecule has 9 aromatic rings. The minimum atomic E-state index is 0.119. The topological polar surface area (TPSA) is 51.8 Å². The lowest BCUT2D eigenvalue weighted by Crippen LogP contribution is -2.00. The highest BCUT2D eigenvalue weighted by atomic mass is 16.3. The van der Waals surface area contributed by atoms with Crippen LogP contribution in [0, 0.1) is 0 Å². The quantitative estimate of drug-likeness (QED) is 0.188. The van der Waals surface area contributed by atoms with Crippen LogP contribution in [0.2, 0.25) is 0 Å². The molecule has 7 aromatic carbocycles. The molecule has 0 saturated carbocycles. The van der Waals surface area contributed by atoms with Crippen molar-refractivity contribution in [2.45, 2.75) is 5.92 Å². The summed E-state index contributed by atoms with van der Waals surface area (Å²) < 4.78 is 6.65. The Labute approximate surface area is 289 Å². The molecule has 1 atom stereocenters. The summed E-state index contributed by atoms with van der Waals surface area (Å²) in [5, 5.41) is 2.11. The molecule has 0 radical (unpaired) electrons. The zero-order chi connectivity index (χ0) is 33.0. The number of hydrogen-bond donors (Lipinski definition) is 0. The van der Waals surface area contributed by atoms with E-state index in [1.807, 2.05) is 66.7 Å². The third-order valence-corrected chi connectivity index (χ3v) is 9.83. The third-order valence-electron chi connectivity index (χ3n) is 9.83. The van der Waals surface area contributed by atoms with Crippen LogP contribution in [0.5, 0.6) is 0 Å². The van der Waals surface area contributed by atoms with E-state index in [1.165, 1.54) is 38.9 Å². The van der Waals surface area contributed by atoms with Gasteiger partial charge >= 0.3 is 0 Å². The van der Waals surface area contributed by atoms with Crippen molar-refractivity contribution in [1.82, 2.24) is 15.0 Å². The number of nitrogens with zero attached hydrogens (tertiary/aromatic N) is 3.